The van der Waals surface area contributed by atoms with Crippen molar-refractivity contribution in [1.82, 2.24) is 5.32 Å². The summed E-state index contributed by atoms with van der Waals surface area (Å²) < 4.78 is 10.3. The van der Waals surface area contributed by atoms with Gasteiger partial charge in [-0.1, -0.05) is 5.92 Å². The molecule has 96 valence electrons. The van der Waals surface area contributed by atoms with Crippen molar-refractivity contribution in [3.8, 4) is 18.1 Å². The lowest BCUT2D eigenvalue weighted by molar-refractivity contribution is -0.122. The second-order valence-corrected chi connectivity index (χ2v) is 3.72. The topological polar surface area (TPSA) is 68.5 Å². The number of terminal acetylenes is 1. The lowest BCUT2D eigenvalue weighted by Gasteiger charge is -2.06. The van der Waals surface area contributed by atoms with E-state index in [0.717, 1.165) is 5.39 Å². The van der Waals surface area contributed by atoms with E-state index in [4.69, 9.17) is 15.6 Å². The van der Waals surface area contributed by atoms with Gasteiger partial charge >= 0.3 is 5.63 Å². The maximum Gasteiger partial charge on any atom is 0.336 e. The molecule has 2 aromatic rings. The molecule has 0 aliphatic rings. The summed E-state index contributed by atoms with van der Waals surface area (Å²) in [6, 6.07) is 8.00. The first-order valence-corrected chi connectivity index (χ1v) is 5.56. The number of fused-ring (bicyclic) bond motifs is 1. The van der Waals surface area contributed by atoms with Crippen LogP contribution in [-0.2, 0) is 4.79 Å². The number of carbonyl (C=O) groups excluding carboxylic acids is 1. The van der Waals surface area contributed by atoms with Gasteiger partial charge in [-0.05, 0) is 18.2 Å². The van der Waals surface area contributed by atoms with Crippen molar-refractivity contribution in [3.05, 3.63) is 40.8 Å². The molecule has 0 saturated carbocycles. The maximum absolute atomic E-state index is 11.3. The predicted octanol–water partition coefficient (Wildman–Crippen LogP) is 0.921. The zero-order valence-electron chi connectivity index (χ0n) is 10.0. The highest BCUT2D eigenvalue weighted by atomic mass is 16.5. The number of hydrogen-bond acceptors (Lipinski definition) is 4. The number of rotatable bonds is 4. The van der Waals surface area contributed by atoms with Crippen LogP contribution >= 0.6 is 0 Å². The monoisotopic (exact) mass is 257 g/mol. The second-order valence-electron chi connectivity index (χ2n) is 3.72. The Morgan fingerprint density at radius 1 is 1.37 bits per heavy atom. The van der Waals surface area contributed by atoms with Crippen LogP contribution in [0.25, 0.3) is 11.0 Å². The molecule has 5 nitrogen and oxygen atoms in total. The summed E-state index contributed by atoms with van der Waals surface area (Å²) in [5.41, 5.74) is -0.0227. The fraction of sp³-hybridized carbons (Fsp3) is 0.143. The van der Waals surface area contributed by atoms with Crippen molar-refractivity contribution in [3.63, 3.8) is 0 Å². The molecule has 2 rings (SSSR count). The summed E-state index contributed by atoms with van der Waals surface area (Å²) in [4.78, 5) is 22.4. The fourth-order valence-electron chi connectivity index (χ4n) is 1.48. The van der Waals surface area contributed by atoms with Crippen LogP contribution < -0.4 is 15.7 Å². The third kappa shape index (κ3) is 3.36. The molecule has 0 aliphatic carbocycles. The number of carbonyl (C=O) groups is 1. The molecule has 1 N–H and O–H groups in total. The van der Waals surface area contributed by atoms with E-state index < -0.39 is 5.63 Å². The standard InChI is InChI=1S/C14H11NO4/c1-2-7-15-13(16)9-18-11-5-3-10-4-6-14(17)19-12(10)8-11/h1,3-6,8H,7,9H2,(H,15,16). The van der Waals surface area contributed by atoms with E-state index in [0.29, 0.717) is 11.3 Å². The normalized spacial score (nSPS) is 9.84. The Labute approximate surface area is 109 Å². The highest BCUT2D eigenvalue weighted by Gasteiger charge is 2.03. The van der Waals surface area contributed by atoms with Gasteiger partial charge in [0.1, 0.15) is 11.3 Å². The molecule has 0 fully saturated rings. The average molecular weight is 257 g/mol. The van der Waals surface area contributed by atoms with Gasteiger partial charge in [0.25, 0.3) is 5.91 Å². The van der Waals surface area contributed by atoms with Crippen molar-refractivity contribution in [2.45, 2.75) is 0 Å². The molecule has 1 amide bonds. The van der Waals surface area contributed by atoms with Gasteiger partial charge in [-0.15, -0.1) is 6.42 Å². The number of benzene rings is 1. The Morgan fingerprint density at radius 3 is 2.95 bits per heavy atom. The van der Waals surface area contributed by atoms with Gasteiger partial charge in [0.2, 0.25) is 0 Å². The van der Waals surface area contributed by atoms with E-state index in [1.165, 1.54) is 6.07 Å². The average Bonchev–Trinajstić information content (AvgIpc) is 2.42. The van der Waals surface area contributed by atoms with Gasteiger partial charge in [-0.2, -0.15) is 0 Å². The van der Waals surface area contributed by atoms with Crippen LogP contribution in [0, 0.1) is 12.3 Å². The van der Waals surface area contributed by atoms with Gasteiger partial charge in [-0.3, -0.25) is 4.79 Å². The Kier molecular flexibility index (Phi) is 3.84. The fourth-order valence-corrected chi connectivity index (χ4v) is 1.48. The highest BCUT2D eigenvalue weighted by molar-refractivity contribution is 5.79. The molecule has 1 aromatic heterocycles. The first-order chi connectivity index (χ1) is 9.19. The third-order valence-corrected chi connectivity index (χ3v) is 2.35. The highest BCUT2D eigenvalue weighted by Crippen LogP contribution is 2.19. The molecule has 0 spiro atoms. The Bertz CT molecular complexity index is 696. The van der Waals surface area contributed by atoms with Crippen molar-refractivity contribution in [2.75, 3.05) is 13.2 Å². The molecular formula is C14H11NO4. The summed E-state index contributed by atoms with van der Waals surface area (Å²) >= 11 is 0. The molecule has 0 atom stereocenters. The van der Waals surface area contributed by atoms with Gasteiger partial charge in [0.15, 0.2) is 6.61 Å². The number of ether oxygens (including phenoxy) is 1. The van der Waals surface area contributed by atoms with Crippen LogP contribution in [0.15, 0.2) is 39.5 Å². The minimum atomic E-state index is -0.434. The Balaban J connectivity index is 2.07. The maximum atomic E-state index is 11.3. The zero-order valence-corrected chi connectivity index (χ0v) is 10.0. The van der Waals surface area contributed by atoms with Gasteiger partial charge in [-0.25, -0.2) is 4.79 Å². The summed E-state index contributed by atoms with van der Waals surface area (Å²) in [6.07, 6.45) is 5.01. The molecule has 0 saturated heterocycles. The lowest BCUT2D eigenvalue weighted by atomic mass is 10.2. The largest absolute Gasteiger partial charge is 0.484 e. The van der Waals surface area contributed by atoms with Crippen molar-refractivity contribution >= 4 is 16.9 Å². The van der Waals surface area contributed by atoms with Crippen LogP contribution in [0.3, 0.4) is 0 Å². The summed E-state index contributed by atoms with van der Waals surface area (Å²) in [6.45, 7) is 0.0129. The molecule has 5 heteroatoms. The lowest BCUT2D eigenvalue weighted by Crippen LogP contribution is -2.28. The molecule has 1 aromatic carbocycles. The molecular weight excluding hydrogens is 246 g/mol. The van der Waals surface area contributed by atoms with Gasteiger partial charge in [0.05, 0.1) is 6.54 Å². The van der Waals surface area contributed by atoms with E-state index in [9.17, 15) is 9.59 Å². The SMILES string of the molecule is C#CCNC(=O)COc1ccc2ccc(=O)oc2c1. The van der Waals surface area contributed by atoms with E-state index >= 15 is 0 Å². The van der Waals surface area contributed by atoms with Gasteiger partial charge < -0.3 is 14.5 Å². The molecule has 1 heterocycles. The molecule has 0 aliphatic heterocycles. The van der Waals surface area contributed by atoms with Crippen LogP contribution in [0.2, 0.25) is 0 Å². The third-order valence-electron chi connectivity index (χ3n) is 2.35. The minimum Gasteiger partial charge on any atom is -0.484 e. The molecule has 0 bridgehead atoms. The smallest absolute Gasteiger partial charge is 0.336 e. The van der Waals surface area contributed by atoms with Crippen molar-refractivity contribution in [1.29, 1.82) is 0 Å². The number of amides is 1. The Morgan fingerprint density at radius 2 is 2.16 bits per heavy atom. The summed E-state index contributed by atoms with van der Waals surface area (Å²) in [5.74, 6) is 2.42. The van der Waals surface area contributed by atoms with Crippen molar-refractivity contribution in [2.24, 2.45) is 0 Å². The van der Waals surface area contributed by atoms with E-state index in [2.05, 4.69) is 11.2 Å². The first-order valence-electron chi connectivity index (χ1n) is 5.56. The summed E-state index contributed by atoms with van der Waals surface area (Å²) in [5, 5.41) is 3.26. The van der Waals surface area contributed by atoms with E-state index in [-0.39, 0.29) is 19.1 Å². The second kappa shape index (κ2) is 5.74. The van der Waals surface area contributed by atoms with Crippen LogP contribution in [0.5, 0.6) is 5.75 Å². The van der Waals surface area contributed by atoms with Crippen molar-refractivity contribution < 1.29 is 13.9 Å². The molecule has 0 radical (unpaired) electrons. The van der Waals surface area contributed by atoms with E-state index in [1.807, 2.05) is 0 Å². The quantitative estimate of drug-likeness (QED) is 0.653. The van der Waals surface area contributed by atoms with E-state index in [1.54, 1.807) is 24.3 Å². The first kappa shape index (κ1) is 12.7. The van der Waals surface area contributed by atoms with Crippen LogP contribution in [0.4, 0.5) is 0 Å². The number of nitrogens with one attached hydrogen (secondary N) is 1. The summed E-state index contributed by atoms with van der Waals surface area (Å²) in [7, 11) is 0. The predicted molar refractivity (Wildman–Crippen MR) is 69.8 cm³/mol. The Hall–Kier alpha value is -2.74. The number of hydrogen-bond donors (Lipinski definition) is 1. The van der Waals surface area contributed by atoms with Gasteiger partial charge in [0, 0.05) is 17.5 Å². The zero-order chi connectivity index (χ0) is 13.7. The van der Waals surface area contributed by atoms with Crippen LogP contribution in [-0.4, -0.2) is 19.1 Å². The minimum absolute atomic E-state index is 0.149. The molecule has 19 heavy (non-hydrogen) atoms. The molecule has 0 unspecified atom stereocenters. The van der Waals surface area contributed by atoms with Crippen LogP contribution in [0.1, 0.15) is 0 Å².